The number of unbranched alkanes of at least 4 members (excludes halogenated alkanes) is 31. The van der Waals surface area contributed by atoms with Crippen molar-refractivity contribution in [2.75, 3.05) is 40.9 Å². The minimum absolute atomic E-state index is 0.0175. The average molecular weight is 885 g/mol. The Morgan fingerprint density at radius 3 is 1.34 bits per heavy atom. The molecule has 0 aromatic carbocycles. The Hall–Kier alpha value is -1.25. The number of phosphoric ester groups is 1. The van der Waals surface area contributed by atoms with Gasteiger partial charge in [0.1, 0.15) is 19.3 Å². The molecule has 0 saturated carbocycles. The lowest BCUT2D eigenvalue weighted by Crippen LogP contribution is -2.47. The summed E-state index contributed by atoms with van der Waals surface area (Å²) < 4.78 is 30.1. The summed E-state index contributed by atoms with van der Waals surface area (Å²) >= 11 is 0. The highest BCUT2D eigenvalue weighted by atomic mass is 31.2. The smallest absolute Gasteiger partial charge is 0.306 e. The number of carbonyl (C=O) groups is 2. The van der Waals surface area contributed by atoms with Crippen molar-refractivity contribution in [2.45, 2.75) is 264 Å². The van der Waals surface area contributed by atoms with Crippen molar-refractivity contribution in [3.05, 3.63) is 12.2 Å². The number of nitrogens with zero attached hydrogens (tertiary/aromatic N) is 1. The van der Waals surface area contributed by atoms with Gasteiger partial charge in [-0.1, -0.05) is 219 Å². The summed E-state index contributed by atoms with van der Waals surface area (Å²) in [6.45, 7) is 6.83. The predicted octanol–water partition coefficient (Wildman–Crippen LogP) is 14.3. The largest absolute Gasteiger partial charge is 0.756 e. The lowest BCUT2D eigenvalue weighted by molar-refractivity contribution is -0.870. The Labute approximate surface area is 378 Å². The molecule has 0 heterocycles. The second-order valence-corrected chi connectivity index (χ2v) is 20.5. The molecule has 3 unspecified atom stereocenters. The summed E-state index contributed by atoms with van der Waals surface area (Å²) in [5.41, 5.74) is 0. The first-order valence-electron chi connectivity index (χ1n) is 26.0. The van der Waals surface area contributed by atoms with E-state index in [-0.39, 0.29) is 31.5 Å². The second kappa shape index (κ2) is 42.7. The number of quaternary nitrogens is 1. The lowest BCUT2D eigenvalue weighted by Gasteiger charge is -2.30. The normalized spacial score (nSPS) is 14.0. The SMILES string of the molecule is CCCCCCCCCCC/C=C/C(OC(=O)CCCCCCCCCCCCCCC)C(COP(=O)([O-])OCC[N+](C)(C)C)NC(=O)CCCCCCCCCCCCC. The van der Waals surface area contributed by atoms with Crippen molar-refractivity contribution in [3.63, 3.8) is 0 Å². The molecule has 0 rings (SSSR count). The van der Waals surface area contributed by atoms with Crippen LogP contribution in [0.3, 0.4) is 0 Å². The van der Waals surface area contributed by atoms with E-state index in [0.717, 1.165) is 57.8 Å². The van der Waals surface area contributed by atoms with Gasteiger partial charge in [-0.15, -0.1) is 0 Å². The number of nitrogens with one attached hydrogen (secondary N) is 1. The molecule has 0 bridgehead atoms. The number of allylic oxidation sites excluding steroid dienone is 1. The van der Waals surface area contributed by atoms with Gasteiger partial charge in [0.25, 0.3) is 7.82 Å². The highest BCUT2D eigenvalue weighted by molar-refractivity contribution is 7.45. The zero-order valence-electron chi connectivity index (χ0n) is 41.1. The van der Waals surface area contributed by atoms with E-state index in [9.17, 15) is 19.0 Å². The van der Waals surface area contributed by atoms with Crippen LogP contribution in [0.4, 0.5) is 0 Å². The van der Waals surface area contributed by atoms with Gasteiger partial charge in [0, 0.05) is 12.8 Å². The van der Waals surface area contributed by atoms with Crippen molar-refractivity contribution in [1.29, 1.82) is 0 Å². The fourth-order valence-electron chi connectivity index (χ4n) is 7.64. The summed E-state index contributed by atoms with van der Waals surface area (Å²) in [5.74, 6) is -0.531. The molecule has 0 fully saturated rings. The molecule has 61 heavy (non-hydrogen) atoms. The van der Waals surface area contributed by atoms with E-state index in [2.05, 4.69) is 26.1 Å². The molecule has 0 radical (unpaired) electrons. The molecule has 1 amide bonds. The fraction of sp³-hybridized carbons (Fsp3) is 0.922. The van der Waals surface area contributed by atoms with Gasteiger partial charge < -0.3 is 28.5 Å². The molecule has 0 spiro atoms. The average Bonchev–Trinajstić information content (AvgIpc) is 3.21. The minimum atomic E-state index is -4.67. The molecular weight excluding hydrogens is 784 g/mol. The van der Waals surface area contributed by atoms with Gasteiger partial charge in [0.15, 0.2) is 0 Å². The maximum Gasteiger partial charge on any atom is 0.306 e. The van der Waals surface area contributed by atoms with E-state index in [1.807, 2.05) is 33.3 Å². The van der Waals surface area contributed by atoms with Crippen LogP contribution in [0.2, 0.25) is 0 Å². The standard InChI is InChI=1S/C51H101N2O7P/c1-7-10-13-16-19-22-25-26-29-32-35-38-41-44-51(55)60-49(42-39-36-33-30-27-23-20-17-14-11-8-2)48(47-59-61(56,57)58-46-45-53(4,5)6)52-50(54)43-40-37-34-31-28-24-21-18-15-12-9-3/h39,42,48-49H,7-38,40-41,43-47H2,1-6H3,(H-,52,54,56,57)/b42-39+. The van der Waals surface area contributed by atoms with Gasteiger partial charge in [-0.3, -0.25) is 14.2 Å². The molecule has 9 nitrogen and oxygen atoms in total. The van der Waals surface area contributed by atoms with Crippen molar-refractivity contribution in [3.8, 4) is 0 Å². The maximum atomic E-state index is 13.4. The lowest BCUT2D eigenvalue weighted by atomic mass is 10.0. The number of hydrogen-bond donors (Lipinski definition) is 1. The summed E-state index contributed by atoms with van der Waals surface area (Å²) in [4.78, 5) is 39.6. The Bertz CT molecular complexity index is 1070. The number of hydrogen-bond acceptors (Lipinski definition) is 7. The molecule has 0 saturated heterocycles. The van der Waals surface area contributed by atoms with E-state index in [0.29, 0.717) is 17.4 Å². The third-order valence-corrected chi connectivity index (χ3v) is 12.7. The van der Waals surface area contributed by atoms with Gasteiger partial charge in [-0.05, 0) is 31.8 Å². The first kappa shape index (κ1) is 59.8. The Balaban J connectivity index is 5.39. The van der Waals surface area contributed by atoms with E-state index in [1.165, 1.54) is 161 Å². The summed E-state index contributed by atoms with van der Waals surface area (Å²) in [6.07, 6.45) is 44.5. The van der Waals surface area contributed by atoms with Crippen LogP contribution < -0.4 is 10.2 Å². The van der Waals surface area contributed by atoms with E-state index in [4.69, 9.17) is 13.8 Å². The third kappa shape index (κ3) is 43.8. The zero-order valence-corrected chi connectivity index (χ0v) is 42.0. The predicted molar refractivity (Wildman–Crippen MR) is 257 cm³/mol. The van der Waals surface area contributed by atoms with Gasteiger partial charge >= 0.3 is 5.97 Å². The number of phosphoric acid groups is 1. The van der Waals surface area contributed by atoms with Crippen molar-refractivity contribution < 1.29 is 37.3 Å². The van der Waals surface area contributed by atoms with Gasteiger partial charge in [0.2, 0.25) is 5.91 Å². The summed E-state index contributed by atoms with van der Waals surface area (Å²) in [6, 6.07) is -0.876. The van der Waals surface area contributed by atoms with E-state index in [1.54, 1.807) is 0 Å². The van der Waals surface area contributed by atoms with Crippen LogP contribution in [0.5, 0.6) is 0 Å². The van der Waals surface area contributed by atoms with Crippen LogP contribution in [0.25, 0.3) is 0 Å². The number of carbonyl (C=O) groups excluding carboxylic acids is 2. The molecule has 0 aromatic rings. The molecular formula is C51H101N2O7P. The maximum absolute atomic E-state index is 13.4. The van der Waals surface area contributed by atoms with E-state index < -0.39 is 20.0 Å². The van der Waals surface area contributed by atoms with Crippen molar-refractivity contribution >= 4 is 19.7 Å². The molecule has 0 aliphatic rings. The van der Waals surface area contributed by atoms with Gasteiger partial charge in [-0.25, -0.2) is 0 Å². The summed E-state index contributed by atoms with van der Waals surface area (Å²) in [7, 11) is 1.20. The molecule has 1 N–H and O–H groups in total. The van der Waals surface area contributed by atoms with Crippen LogP contribution in [-0.4, -0.2) is 69.4 Å². The number of likely N-dealkylation sites (N-methyl/N-ethyl adjacent to an activating group) is 1. The second-order valence-electron chi connectivity index (χ2n) is 19.0. The topological polar surface area (TPSA) is 114 Å². The molecule has 10 heteroatoms. The third-order valence-electron chi connectivity index (χ3n) is 11.7. The van der Waals surface area contributed by atoms with Crippen LogP contribution in [-0.2, 0) is 27.9 Å². The molecule has 362 valence electrons. The van der Waals surface area contributed by atoms with Crippen molar-refractivity contribution in [1.82, 2.24) is 5.32 Å². The fourth-order valence-corrected chi connectivity index (χ4v) is 8.36. The number of ether oxygens (including phenoxy) is 1. The molecule has 0 aliphatic heterocycles. The Morgan fingerprint density at radius 2 is 0.934 bits per heavy atom. The highest BCUT2D eigenvalue weighted by Crippen LogP contribution is 2.38. The monoisotopic (exact) mass is 885 g/mol. The highest BCUT2D eigenvalue weighted by Gasteiger charge is 2.27. The zero-order chi connectivity index (χ0) is 45.1. The van der Waals surface area contributed by atoms with Crippen LogP contribution in [0.15, 0.2) is 12.2 Å². The first-order chi connectivity index (χ1) is 29.4. The molecule has 0 aromatic heterocycles. The minimum Gasteiger partial charge on any atom is -0.756 e. The molecule has 3 atom stereocenters. The Morgan fingerprint density at radius 1 is 0.557 bits per heavy atom. The van der Waals surface area contributed by atoms with Gasteiger partial charge in [0.05, 0.1) is 33.8 Å². The number of rotatable bonds is 47. The Kier molecular flexibility index (Phi) is 41.8. The first-order valence-corrected chi connectivity index (χ1v) is 27.5. The van der Waals surface area contributed by atoms with Crippen LogP contribution >= 0.6 is 7.82 Å². The van der Waals surface area contributed by atoms with E-state index >= 15 is 0 Å². The van der Waals surface area contributed by atoms with Crippen LogP contribution in [0, 0.1) is 0 Å². The number of amides is 1. The molecule has 0 aliphatic carbocycles. The van der Waals surface area contributed by atoms with Crippen molar-refractivity contribution in [2.24, 2.45) is 0 Å². The van der Waals surface area contributed by atoms with Gasteiger partial charge in [-0.2, -0.15) is 0 Å². The summed E-state index contributed by atoms with van der Waals surface area (Å²) in [5, 5.41) is 3.01. The number of esters is 1. The quantitative estimate of drug-likeness (QED) is 0.0213. The van der Waals surface area contributed by atoms with Crippen LogP contribution in [0.1, 0.15) is 252 Å².